The summed E-state index contributed by atoms with van der Waals surface area (Å²) < 4.78 is 4.81. The number of H-pyrrole nitrogens is 1. The van der Waals surface area contributed by atoms with Gasteiger partial charge in [-0.25, -0.2) is 0 Å². The summed E-state index contributed by atoms with van der Waals surface area (Å²) in [5, 5.41) is 4.30. The standard InChI is InChI=1S/C14H18N2O2.ClH/c1-3-15-13(14(17)18-2)8-10-9-16-12-7-5-4-6-11(10)12;/h4-7,9,13,15-16H,3,8H2,1-2H3;1H. The van der Waals surface area contributed by atoms with Crippen LogP contribution in [0.5, 0.6) is 0 Å². The zero-order valence-electron chi connectivity index (χ0n) is 11.1. The molecular weight excluding hydrogens is 264 g/mol. The number of hydrogen-bond acceptors (Lipinski definition) is 3. The van der Waals surface area contributed by atoms with Gasteiger partial charge in [-0.15, -0.1) is 12.4 Å². The van der Waals surface area contributed by atoms with E-state index in [1.807, 2.05) is 31.3 Å². The van der Waals surface area contributed by atoms with Crippen LogP contribution in [0.3, 0.4) is 0 Å². The molecule has 1 aromatic heterocycles. The van der Waals surface area contributed by atoms with Gasteiger partial charge in [0.25, 0.3) is 0 Å². The predicted octanol–water partition coefficient (Wildman–Crippen LogP) is 2.28. The van der Waals surface area contributed by atoms with Crippen LogP contribution in [-0.4, -0.2) is 30.6 Å². The van der Waals surface area contributed by atoms with Gasteiger partial charge in [0.2, 0.25) is 0 Å². The summed E-state index contributed by atoms with van der Waals surface area (Å²) in [4.78, 5) is 14.9. The number of carbonyl (C=O) groups excluding carboxylic acids is 1. The lowest BCUT2D eigenvalue weighted by Gasteiger charge is -2.14. The van der Waals surface area contributed by atoms with E-state index in [-0.39, 0.29) is 24.4 Å². The minimum Gasteiger partial charge on any atom is -0.468 e. The van der Waals surface area contributed by atoms with E-state index in [2.05, 4.69) is 16.4 Å². The van der Waals surface area contributed by atoms with Gasteiger partial charge in [-0.1, -0.05) is 25.1 Å². The Kier molecular flexibility index (Phi) is 5.86. The highest BCUT2D eigenvalue weighted by atomic mass is 35.5. The predicted molar refractivity (Wildman–Crippen MR) is 78.7 cm³/mol. The SMILES string of the molecule is CCNC(Cc1c[nH]c2ccccc12)C(=O)OC.Cl. The zero-order chi connectivity index (χ0) is 13.0. The molecule has 0 aliphatic carbocycles. The number of hydrogen-bond donors (Lipinski definition) is 2. The number of likely N-dealkylation sites (N-methyl/N-ethyl adjacent to an activating group) is 1. The van der Waals surface area contributed by atoms with E-state index in [0.717, 1.165) is 23.0 Å². The number of halogens is 1. The molecule has 2 N–H and O–H groups in total. The van der Waals surface area contributed by atoms with Gasteiger partial charge in [-0.3, -0.25) is 4.79 Å². The fraction of sp³-hybridized carbons (Fsp3) is 0.357. The molecule has 4 nitrogen and oxygen atoms in total. The number of methoxy groups -OCH3 is 1. The summed E-state index contributed by atoms with van der Waals surface area (Å²) in [5.41, 5.74) is 2.22. The van der Waals surface area contributed by atoms with Crippen molar-refractivity contribution in [2.24, 2.45) is 0 Å². The first kappa shape index (κ1) is 15.5. The summed E-state index contributed by atoms with van der Waals surface area (Å²) in [7, 11) is 1.42. The van der Waals surface area contributed by atoms with Crippen molar-refractivity contribution in [1.82, 2.24) is 10.3 Å². The molecule has 0 fully saturated rings. The number of aromatic amines is 1. The molecule has 2 aromatic rings. The minimum atomic E-state index is -0.292. The van der Waals surface area contributed by atoms with E-state index >= 15 is 0 Å². The van der Waals surface area contributed by atoms with Gasteiger partial charge in [0.15, 0.2) is 0 Å². The number of carbonyl (C=O) groups is 1. The molecular formula is C14H19ClN2O2. The third-order valence-corrected chi connectivity index (χ3v) is 3.04. The summed E-state index contributed by atoms with van der Waals surface area (Å²) >= 11 is 0. The molecule has 0 radical (unpaired) electrons. The number of rotatable bonds is 5. The summed E-state index contributed by atoms with van der Waals surface area (Å²) in [6.07, 6.45) is 2.59. The van der Waals surface area contributed by atoms with E-state index in [9.17, 15) is 4.79 Å². The first-order valence-electron chi connectivity index (χ1n) is 6.12. The lowest BCUT2D eigenvalue weighted by molar-refractivity contribution is -0.143. The maximum atomic E-state index is 11.7. The Labute approximate surface area is 118 Å². The van der Waals surface area contributed by atoms with Gasteiger partial charge >= 0.3 is 5.97 Å². The first-order valence-corrected chi connectivity index (χ1v) is 6.12. The minimum absolute atomic E-state index is 0. The van der Waals surface area contributed by atoms with Crippen molar-refractivity contribution in [2.75, 3.05) is 13.7 Å². The largest absolute Gasteiger partial charge is 0.468 e. The highest BCUT2D eigenvalue weighted by molar-refractivity contribution is 5.85. The topological polar surface area (TPSA) is 54.1 Å². The number of para-hydroxylation sites is 1. The highest BCUT2D eigenvalue weighted by Gasteiger charge is 2.19. The average Bonchev–Trinajstić information content (AvgIpc) is 2.81. The first-order chi connectivity index (χ1) is 8.76. The molecule has 1 aromatic carbocycles. The van der Waals surface area contributed by atoms with Crippen molar-refractivity contribution < 1.29 is 9.53 Å². The second kappa shape index (κ2) is 7.16. The maximum Gasteiger partial charge on any atom is 0.323 e. The van der Waals surface area contributed by atoms with Gasteiger partial charge in [0.1, 0.15) is 6.04 Å². The number of benzene rings is 1. The lowest BCUT2D eigenvalue weighted by atomic mass is 10.1. The number of fused-ring (bicyclic) bond motifs is 1. The second-order valence-corrected chi connectivity index (χ2v) is 4.20. The monoisotopic (exact) mass is 282 g/mol. The van der Waals surface area contributed by atoms with Crippen molar-refractivity contribution in [3.05, 3.63) is 36.0 Å². The highest BCUT2D eigenvalue weighted by Crippen LogP contribution is 2.19. The number of aromatic nitrogens is 1. The van der Waals surface area contributed by atoms with Crippen LogP contribution >= 0.6 is 12.4 Å². The molecule has 1 heterocycles. The average molecular weight is 283 g/mol. The molecule has 0 saturated heterocycles. The normalized spacial score (nSPS) is 11.9. The smallest absolute Gasteiger partial charge is 0.323 e. The molecule has 104 valence electrons. The molecule has 0 spiro atoms. The van der Waals surface area contributed by atoms with Gasteiger partial charge in [-0.2, -0.15) is 0 Å². The Hall–Kier alpha value is -1.52. The molecule has 0 bridgehead atoms. The van der Waals surface area contributed by atoms with Gasteiger partial charge < -0.3 is 15.0 Å². The van der Waals surface area contributed by atoms with Crippen LogP contribution in [0.25, 0.3) is 10.9 Å². The molecule has 5 heteroatoms. The summed E-state index contributed by atoms with van der Waals surface area (Å²) in [6, 6.07) is 7.78. The maximum absolute atomic E-state index is 11.7. The third-order valence-electron chi connectivity index (χ3n) is 3.04. The van der Waals surface area contributed by atoms with Crippen LogP contribution in [-0.2, 0) is 16.0 Å². The van der Waals surface area contributed by atoms with Crippen LogP contribution in [0.2, 0.25) is 0 Å². The molecule has 0 amide bonds. The molecule has 19 heavy (non-hydrogen) atoms. The van der Waals surface area contributed by atoms with Gasteiger partial charge in [0, 0.05) is 23.5 Å². The quantitative estimate of drug-likeness (QED) is 0.827. The summed E-state index contributed by atoms with van der Waals surface area (Å²) in [6.45, 7) is 2.72. The number of nitrogens with one attached hydrogen (secondary N) is 2. The zero-order valence-corrected chi connectivity index (χ0v) is 11.9. The van der Waals surface area contributed by atoms with Gasteiger partial charge in [0.05, 0.1) is 7.11 Å². The molecule has 1 unspecified atom stereocenters. The van der Waals surface area contributed by atoms with Crippen LogP contribution in [0.4, 0.5) is 0 Å². The van der Waals surface area contributed by atoms with Crippen molar-refractivity contribution in [3.63, 3.8) is 0 Å². The molecule has 0 saturated carbocycles. The van der Waals surface area contributed by atoms with Crippen LogP contribution < -0.4 is 5.32 Å². The molecule has 0 aliphatic heterocycles. The second-order valence-electron chi connectivity index (χ2n) is 4.20. The van der Waals surface area contributed by atoms with Crippen LogP contribution in [0.15, 0.2) is 30.5 Å². The third kappa shape index (κ3) is 3.49. The van der Waals surface area contributed by atoms with Crippen molar-refractivity contribution in [3.8, 4) is 0 Å². The summed E-state index contributed by atoms with van der Waals surface area (Å²) in [5.74, 6) is -0.220. The van der Waals surface area contributed by atoms with Gasteiger partial charge in [-0.05, 0) is 18.2 Å². The molecule has 0 aliphatic rings. The Morgan fingerprint density at radius 2 is 2.16 bits per heavy atom. The van der Waals surface area contributed by atoms with E-state index in [1.165, 1.54) is 7.11 Å². The Morgan fingerprint density at radius 1 is 1.42 bits per heavy atom. The van der Waals surface area contributed by atoms with Crippen LogP contribution in [0, 0.1) is 0 Å². The Morgan fingerprint density at radius 3 is 2.84 bits per heavy atom. The van der Waals surface area contributed by atoms with Crippen molar-refractivity contribution >= 4 is 29.3 Å². The van der Waals surface area contributed by atoms with E-state index in [4.69, 9.17) is 4.74 Å². The Bertz CT molecular complexity index is 539. The van der Waals surface area contributed by atoms with E-state index < -0.39 is 0 Å². The fourth-order valence-corrected chi connectivity index (χ4v) is 2.15. The molecule has 1 atom stereocenters. The van der Waals surface area contributed by atoms with E-state index in [0.29, 0.717) is 6.42 Å². The number of esters is 1. The van der Waals surface area contributed by atoms with Crippen molar-refractivity contribution in [2.45, 2.75) is 19.4 Å². The molecule has 2 rings (SSSR count). The number of ether oxygens (including phenoxy) is 1. The lowest BCUT2D eigenvalue weighted by Crippen LogP contribution is -2.39. The van der Waals surface area contributed by atoms with E-state index in [1.54, 1.807) is 0 Å². The Balaban J connectivity index is 0.00000180. The fourth-order valence-electron chi connectivity index (χ4n) is 2.15. The van der Waals surface area contributed by atoms with Crippen LogP contribution in [0.1, 0.15) is 12.5 Å². The van der Waals surface area contributed by atoms with Crippen molar-refractivity contribution in [1.29, 1.82) is 0 Å².